The summed E-state index contributed by atoms with van der Waals surface area (Å²) in [5.74, 6) is 0.528. The van der Waals surface area contributed by atoms with Crippen LogP contribution in [0.4, 0.5) is 0 Å². The number of nitrogens with zero attached hydrogens (tertiary/aromatic N) is 2. The molecule has 0 bridgehead atoms. The van der Waals surface area contributed by atoms with E-state index >= 15 is 0 Å². The van der Waals surface area contributed by atoms with Gasteiger partial charge in [-0.3, -0.25) is 9.78 Å². The summed E-state index contributed by atoms with van der Waals surface area (Å²) in [4.78, 5) is 16.9. The molecule has 2 heterocycles. The van der Waals surface area contributed by atoms with E-state index in [0.717, 1.165) is 32.3 Å². The standard InChI is InChI=1S/C15H16N2O/c18-11-17-7-5-12(6-8-17)15-10-16-9-13-3-1-2-4-14(13)15/h1-4,9-12H,5-8H2. The minimum absolute atomic E-state index is 0.528. The quantitative estimate of drug-likeness (QED) is 0.756. The molecule has 0 saturated carbocycles. The molecule has 0 atom stereocenters. The number of carbonyl (C=O) groups excluding carboxylic acids is 1. The van der Waals surface area contributed by atoms with Gasteiger partial charge >= 0.3 is 0 Å². The van der Waals surface area contributed by atoms with Gasteiger partial charge in [0.2, 0.25) is 6.41 Å². The maximum Gasteiger partial charge on any atom is 0.209 e. The zero-order valence-electron chi connectivity index (χ0n) is 10.2. The average molecular weight is 240 g/mol. The highest BCUT2D eigenvalue weighted by atomic mass is 16.1. The van der Waals surface area contributed by atoms with Crippen LogP contribution in [0.15, 0.2) is 36.7 Å². The summed E-state index contributed by atoms with van der Waals surface area (Å²) in [5, 5.41) is 2.50. The molecule has 0 spiro atoms. The van der Waals surface area contributed by atoms with E-state index in [1.54, 1.807) is 0 Å². The first-order valence-electron chi connectivity index (χ1n) is 6.40. The molecule has 0 aliphatic carbocycles. The van der Waals surface area contributed by atoms with Crippen LogP contribution in [0.25, 0.3) is 10.8 Å². The molecule has 1 saturated heterocycles. The van der Waals surface area contributed by atoms with Crippen LogP contribution in [0.2, 0.25) is 0 Å². The molecule has 3 nitrogen and oxygen atoms in total. The lowest BCUT2D eigenvalue weighted by atomic mass is 9.88. The number of aromatic nitrogens is 1. The van der Waals surface area contributed by atoms with Gasteiger partial charge in [0.15, 0.2) is 0 Å². The highest BCUT2D eigenvalue weighted by Crippen LogP contribution is 2.31. The van der Waals surface area contributed by atoms with Crippen molar-refractivity contribution < 1.29 is 4.79 Å². The molecule has 1 aromatic carbocycles. The number of rotatable bonds is 2. The summed E-state index contributed by atoms with van der Waals surface area (Å²) in [6.45, 7) is 1.72. The van der Waals surface area contributed by atoms with Gasteiger partial charge in [-0.15, -0.1) is 0 Å². The predicted octanol–water partition coefficient (Wildman–Crippen LogP) is 2.57. The van der Waals surface area contributed by atoms with Gasteiger partial charge in [-0.25, -0.2) is 0 Å². The molecule has 1 aliphatic rings. The third-order valence-electron chi connectivity index (χ3n) is 3.82. The van der Waals surface area contributed by atoms with E-state index in [1.807, 2.05) is 23.4 Å². The van der Waals surface area contributed by atoms with Gasteiger partial charge in [0.05, 0.1) is 0 Å². The van der Waals surface area contributed by atoms with Crippen molar-refractivity contribution in [1.29, 1.82) is 0 Å². The van der Waals surface area contributed by atoms with E-state index in [9.17, 15) is 4.79 Å². The Morgan fingerprint density at radius 3 is 2.72 bits per heavy atom. The van der Waals surface area contributed by atoms with Crippen LogP contribution in [0.3, 0.4) is 0 Å². The molecule has 1 aromatic heterocycles. The predicted molar refractivity (Wildman–Crippen MR) is 71.4 cm³/mol. The van der Waals surface area contributed by atoms with Crippen molar-refractivity contribution in [2.75, 3.05) is 13.1 Å². The molecule has 1 fully saturated rings. The van der Waals surface area contributed by atoms with E-state index in [2.05, 4.69) is 23.2 Å². The molecule has 0 unspecified atom stereocenters. The number of fused-ring (bicyclic) bond motifs is 1. The fraction of sp³-hybridized carbons (Fsp3) is 0.333. The SMILES string of the molecule is O=CN1CCC(c2cncc3ccccc23)CC1. The zero-order chi connectivity index (χ0) is 12.4. The minimum Gasteiger partial charge on any atom is -0.345 e. The van der Waals surface area contributed by atoms with Crippen molar-refractivity contribution in [1.82, 2.24) is 9.88 Å². The Balaban J connectivity index is 1.93. The molecular formula is C15H16N2O. The molecule has 3 heteroatoms. The van der Waals surface area contributed by atoms with Crippen molar-refractivity contribution in [3.05, 3.63) is 42.2 Å². The summed E-state index contributed by atoms with van der Waals surface area (Å²) in [6.07, 6.45) is 6.93. The van der Waals surface area contributed by atoms with E-state index in [4.69, 9.17) is 0 Å². The van der Waals surface area contributed by atoms with Gasteiger partial charge in [-0.05, 0) is 29.7 Å². The largest absolute Gasteiger partial charge is 0.345 e. The fourth-order valence-corrected chi connectivity index (χ4v) is 2.78. The number of carbonyl (C=O) groups is 1. The Labute approximate surface area is 106 Å². The highest BCUT2D eigenvalue weighted by molar-refractivity contribution is 5.85. The second kappa shape index (κ2) is 4.77. The summed E-state index contributed by atoms with van der Waals surface area (Å²) >= 11 is 0. The molecule has 2 aromatic rings. The topological polar surface area (TPSA) is 33.2 Å². The molecule has 1 aliphatic heterocycles. The Morgan fingerprint density at radius 2 is 1.94 bits per heavy atom. The van der Waals surface area contributed by atoms with E-state index in [1.165, 1.54) is 16.3 Å². The maximum atomic E-state index is 10.7. The lowest BCUT2D eigenvalue weighted by Gasteiger charge is -2.29. The van der Waals surface area contributed by atoms with Crippen molar-refractivity contribution >= 4 is 17.2 Å². The number of amides is 1. The number of piperidine rings is 1. The average Bonchev–Trinajstić information content (AvgIpc) is 2.47. The normalized spacial score (nSPS) is 17.0. The Kier molecular flexibility index (Phi) is 2.97. The molecule has 0 N–H and O–H groups in total. The molecule has 18 heavy (non-hydrogen) atoms. The van der Waals surface area contributed by atoms with Crippen LogP contribution in [0.5, 0.6) is 0 Å². The molecule has 0 radical (unpaired) electrons. The Bertz CT molecular complexity index is 554. The minimum atomic E-state index is 0.528. The lowest BCUT2D eigenvalue weighted by molar-refractivity contribution is -0.119. The van der Waals surface area contributed by atoms with E-state index in [0.29, 0.717) is 5.92 Å². The zero-order valence-corrected chi connectivity index (χ0v) is 10.2. The second-order valence-electron chi connectivity index (χ2n) is 4.87. The molecule has 1 amide bonds. The molecular weight excluding hydrogens is 224 g/mol. The van der Waals surface area contributed by atoms with E-state index < -0.39 is 0 Å². The van der Waals surface area contributed by atoms with Crippen LogP contribution >= 0.6 is 0 Å². The summed E-state index contributed by atoms with van der Waals surface area (Å²) in [7, 11) is 0. The van der Waals surface area contributed by atoms with E-state index in [-0.39, 0.29) is 0 Å². The van der Waals surface area contributed by atoms with Gasteiger partial charge in [-0.2, -0.15) is 0 Å². The first-order chi connectivity index (χ1) is 8.88. The Morgan fingerprint density at radius 1 is 1.17 bits per heavy atom. The van der Waals surface area contributed by atoms with Gasteiger partial charge < -0.3 is 4.90 Å². The number of benzene rings is 1. The van der Waals surface area contributed by atoms with Crippen LogP contribution in [0, 0.1) is 0 Å². The monoisotopic (exact) mass is 240 g/mol. The maximum absolute atomic E-state index is 10.7. The third kappa shape index (κ3) is 1.96. The third-order valence-corrected chi connectivity index (χ3v) is 3.82. The van der Waals surface area contributed by atoms with Crippen molar-refractivity contribution in [2.45, 2.75) is 18.8 Å². The first kappa shape index (κ1) is 11.2. The second-order valence-corrected chi connectivity index (χ2v) is 4.87. The van der Waals surface area contributed by atoms with Crippen molar-refractivity contribution in [2.24, 2.45) is 0 Å². The highest BCUT2D eigenvalue weighted by Gasteiger charge is 2.21. The number of likely N-dealkylation sites (tertiary alicyclic amines) is 1. The van der Waals surface area contributed by atoms with Gasteiger partial charge in [0.1, 0.15) is 0 Å². The molecule has 92 valence electrons. The van der Waals surface area contributed by atoms with Gasteiger partial charge in [0, 0.05) is 30.9 Å². The summed E-state index contributed by atoms with van der Waals surface area (Å²) in [6, 6.07) is 8.39. The number of hydrogen-bond acceptors (Lipinski definition) is 2. The van der Waals surface area contributed by atoms with Crippen LogP contribution in [0.1, 0.15) is 24.3 Å². The van der Waals surface area contributed by atoms with Crippen LogP contribution in [-0.2, 0) is 4.79 Å². The van der Waals surface area contributed by atoms with Crippen LogP contribution in [-0.4, -0.2) is 29.4 Å². The first-order valence-corrected chi connectivity index (χ1v) is 6.40. The van der Waals surface area contributed by atoms with Gasteiger partial charge in [0.25, 0.3) is 0 Å². The number of hydrogen-bond donors (Lipinski definition) is 0. The lowest BCUT2D eigenvalue weighted by Crippen LogP contribution is -2.31. The smallest absolute Gasteiger partial charge is 0.209 e. The van der Waals surface area contributed by atoms with Crippen molar-refractivity contribution in [3.8, 4) is 0 Å². The summed E-state index contributed by atoms with van der Waals surface area (Å²) in [5.41, 5.74) is 1.33. The van der Waals surface area contributed by atoms with Gasteiger partial charge in [-0.1, -0.05) is 24.3 Å². The van der Waals surface area contributed by atoms with Crippen LogP contribution < -0.4 is 0 Å². The number of pyridine rings is 1. The van der Waals surface area contributed by atoms with Crippen molar-refractivity contribution in [3.63, 3.8) is 0 Å². The summed E-state index contributed by atoms with van der Waals surface area (Å²) < 4.78 is 0. The molecule has 3 rings (SSSR count). The Hall–Kier alpha value is -1.90. The fourth-order valence-electron chi connectivity index (χ4n) is 2.78.